The summed E-state index contributed by atoms with van der Waals surface area (Å²) in [6.45, 7) is 9.83. The number of hydrogen-bond acceptors (Lipinski definition) is 2. The lowest BCUT2D eigenvalue weighted by molar-refractivity contribution is 0.108. The van der Waals surface area contributed by atoms with Gasteiger partial charge >= 0.3 is 0 Å². The summed E-state index contributed by atoms with van der Waals surface area (Å²) in [4.78, 5) is 4.08. The second-order valence-corrected chi connectivity index (χ2v) is 3.85. The molecule has 0 bridgehead atoms. The van der Waals surface area contributed by atoms with Crippen molar-refractivity contribution in [1.82, 2.24) is 10.6 Å². The first-order valence-corrected chi connectivity index (χ1v) is 5.73. The molecule has 0 spiro atoms. The van der Waals surface area contributed by atoms with Gasteiger partial charge in [0, 0.05) is 33.4 Å². The van der Waals surface area contributed by atoms with Crippen LogP contribution in [0.2, 0.25) is 0 Å². The Kier molecular flexibility index (Phi) is 9.27. The van der Waals surface area contributed by atoms with Crippen molar-refractivity contribution in [1.29, 1.82) is 0 Å². The number of nitrogens with zero attached hydrogens (tertiary/aromatic N) is 1. The summed E-state index contributed by atoms with van der Waals surface area (Å²) < 4.78 is 5.47. The van der Waals surface area contributed by atoms with Crippen molar-refractivity contribution in [3.8, 4) is 0 Å². The van der Waals surface area contributed by atoms with E-state index in [0.29, 0.717) is 5.92 Å². The second kappa shape index (κ2) is 9.77. The lowest BCUT2D eigenvalue weighted by Crippen LogP contribution is -2.37. The Bertz CT molecular complexity index is 169. The van der Waals surface area contributed by atoms with Crippen LogP contribution in [0.25, 0.3) is 0 Å². The zero-order valence-corrected chi connectivity index (χ0v) is 10.5. The van der Waals surface area contributed by atoms with Crippen molar-refractivity contribution in [3.63, 3.8) is 0 Å². The van der Waals surface area contributed by atoms with E-state index < -0.39 is 0 Å². The van der Waals surface area contributed by atoms with E-state index in [0.717, 1.165) is 38.7 Å². The van der Waals surface area contributed by atoms with Crippen molar-refractivity contribution in [3.05, 3.63) is 0 Å². The summed E-state index contributed by atoms with van der Waals surface area (Å²) in [6.07, 6.45) is 1.01. The summed E-state index contributed by atoms with van der Waals surface area (Å²) in [5, 5.41) is 6.36. The van der Waals surface area contributed by atoms with E-state index >= 15 is 0 Å². The molecule has 0 aromatic rings. The lowest BCUT2D eigenvalue weighted by atomic mass is 10.2. The largest absolute Gasteiger partial charge is 0.381 e. The molecule has 0 aromatic heterocycles. The minimum absolute atomic E-state index is 0.618. The molecular formula is C11H25N3O. The monoisotopic (exact) mass is 215 g/mol. The fraction of sp³-hybridized carbons (Fsp3) is 0.909. The van der Waals surface area contributed by atoms with Crippen molar-refractivity contribution >= 4 is 5.96 Å². The lowest BCUT2D eigenvalue weighted by Gasteiger charge is -2.10. The van der Waals surface area contributed by atoms with Gasteiger partial charge in [0.15, 0.2) is 5.96 Å². The highest BCUT2D eigenvalue weighted by Crippen LogP contribution is 1.92. The molecule has 0 saturated carbocycles. The summed E-state index contributed by atoms with van der Waals surface area (Å²) in [6, 6.07) is 0. The van der Waals surface area contributed by atoms with Crippen LogP contribution in [0.1, 0.15) is 27.2 Å². The molecule has 0 aliphatic heterocycles. The molecule has 4 heteroatoms. The molecule has 2 N–H and O–H groups in total. The molecule has 0 rings (SSSR count). The Morgan fingerprint density at radius 1 is 1.33 bits per heavy atom. The predicted molar refractivity (Wildman–Crippen MR) is 65.3 cm³/mol. The quantitative estimate of drug-likeness (QED) is 0.381. The molecule has 15 heavy (non-hydrogen) atoms. The smallest absolute Gasteiger partial charge is 0.190 e. The number of nitrogens with one attached hydrogen (secondary N) is 2. The standard InChI is InChI=1S/C11H25N3O/c1-5-13-11(12-4)14-7-6-8-15-9-10(2)3/h10H,5-9H2,1-4H3,(H2,12,13,14). The van der Waals surface area contributed by atoms with Crippen LogP contribution < -0.4 is 10.6 Å². The van der Waals surface area contributed by atoms with E-state index in [2.05, 4.69) is 36.4 Å². The molecule has 90 valence electrons. The highest BCUT2D eigenvalue weighted by molar-refractivity contribution is 5.79. The van der Waals surface area contributed by atoms with Crippen molar-refractivity contribution in [2.24, 2.45) is 10.9 Å². The maximum absolute atomic E-state index is 5.47. The molecule has 0 heterocycles. The third-order valence-electron chi connectivity index (χ3n) is 1.78. The van der Waals surface area contributed by atoms with Crippen molar-refractivity contribution in [2.45, 2.75) is 27.2 Å². The van der Waals surface area contributed by atoms with Crippen LogP contribution >= 0.6 is 0 Å². The van der Waals surface area contributed by atoms with E-state index in [-0.39, 0.29) is 0 Å². The fourth-order valence-corrected chi connectivity index (χ4v) is 1.09. The maximum atomic E-state index is 5.47. The van der Waals surface area contributed by atoms with Gasteiger partial charge in [-0.2, -0.15) is 0 Å². The predicted octanol–water partition coefficient (Wildman–Crippen LogP) is 1.23. The number of guanidine groups is 1. The number of ether oxygens (including phenoxy) is 1. The highest BCUT2D eigenvalue weighted by atomic mass is 16.5. The van der Waals surface area contributed by atoms with Gasteiger partial charge in [-0.1, -0.05) is 13.8 Å². The van der Waals surface area contributed by atoms with E-state index in [1.165, 1.54) is 0 Å². The van der Waals surface area contributed by atoms with Gasteiger partial charge in [-0.05, 0) is 19.3 Å². The summed E-state index contributed by atoms with van der Waals surface area (Å²) >= 11 is 0. The Morgan fingerprint density at radius 3 is 2.60 bits per heavy atom. The van der Waals surface area contributed by atoms with Crippen LogP contribution in [0.5, 0.6) is 0 Å². The van der Waals surface area contributed by atoms with Gasteiger partial charge in [0.2, 0.25) is 0 Å². The van der Waals surface area contributed by atoms with E-state index in [1.807, 2.05) is 0 Å². The van der Waals surface area contributed by atoms with Gasteiger partial charge in [-0.15, -0.1) is 0 Å². The SMILES string of the molecule is CCNC(=NC)NCCCOCC(C)C. The topological polar surface area (TPSA) is 45.7 Å². The maximum Gasteiger partial charge on any atom is 0.190 e. The van der Waals surface area contributed by atoms with E-state index in [1.54, 1.807) is 7.05 Å². The first-order chi connectivity index (χ1) is 7.20. The van der Waals surface area contributed by atoms with Gasteiger partial charge in [-0.3, -0.25) is 4.99 Å². The minimum atomic E-state index is 0.618. The zero-order chi connectivity index (χ0) is 11.5. The van der Waals surface area contributed by atoms with Crippen molar-refractivity contribution < 1.29 is 4.74 Å². The molecule has 0 atom stereocenters. The molecule has 0 aliphatic carbocycles. The average molecular weight is 215 g/mol. The molecule has 4 nitrogen and oxygen atoms in total. The number of aliphatic imine (C=N–C) groups is 1. The fourth-order valence-electron chi connectivity index (χ4n) is 1.09. The Morgan fingerprint density at radius 2 is 2.07 bits per heavy atom. The zero-order valence-electron chi connectivity index (χ0n) is 10.5. The van der Waals surface area contributed by atoms with Crippen LogP contribution in [-0.2, 0) is 4.74 Å². The molecule has 0 aliphatic rings. The first-order valence-electron chi connectivity index (χ1n) is 5.73. The molecule has 0 saturated heterocycles. The van der Waals surface area contributed by atoms with Crippen molar-refractivity contribution in [2.75, 3.05) is 33.4 Å². The van der Waals surface area contributed by atoms with Crippen LogP contribution in [0, 0.1) is 5.92 Å². The number of rotatable bonds is 7. The van der Waals surface area contributed by atoms with Gasteiger partial charge < -0.3 is 15.4 Å². The third kappa shape index (κ3) is 9.53. The molecular weight excluding hydrogens is 190 g/mol. The van der Waals surface area contributed by atoms with Gasteiger partial charge in [0.1, 0.15) is 0 Å². The highest BCUT2D eigenvalue weighted by Gasteiger charge is 1.95. The van der Waals surface area contributed by atoms with E-state index in [9.17, 15) is 0 Å². The first kappa shape index (κ1) is 14.2. The van der Waals surface area contributed by atoms with Gasteiger partial charge in [0.25, 0.3) is 0 Å². The molecule has 0 fully saturated rings. The van der Waals surface area contributed by atoms with Crippen LogP contribution in [0.15, 0.2) is 4.99 Å². The van der Waals surface area contributed by atoms with Gasteiger partial charge in [-0.25, -0.2) is 0 Å². The number of hydrogen-bond donors (Lipinski definition) is 2. The summed E-state index contributed by atoms with van der Waals surface area (Å²) in [7, 11) is 1.78. The molecule has 0 radical (unpaired) electrons. The molecule has 0 unspecified atom stereocenters. The van der Waals surface area contributed by atoms with Gasteiger partial charge in [0.05, 0.1) is 0 Å². The third-order valence-corrected chi connectivity index (χ3v) is 1.78. The Labute approximate surface area is 93.5 Å². The normalized spacial score (nSPS) is 11.9. The average Bonchev–Trinajstić information content (AvgIpc) is 2.21. The second-order valence-electron chi connectivity index (χ2n) is 3.85. The van der Waals surface area contributed by atoms with E-state index in [4.69, 9.17) is 4.74 Å². The summed E-state index contributed by atoms with van der Waals surface area (Å²) in [5.41, 5.74) is 0. The van der Waals surface area contributed by atoms with Crippen LogP contribution in [0.4, 0.5) is 0 Å². The van der Waals surface area contributed by atoms with Crippen LogP contribution in [0.3, 0.4) is 0 Å². The Balaban J connectivity index is 3.29. The molecule has 0 amide bonds. The molecule has 0 aromatic carbocycles. The van der Waals surface area contributed by atoms with Crippen LogP contribution in [-0.4, -0.2) is 39.3 Å². The summed E-state index contributed by atoms with van der Waals surface area (Å²) in [5.74, 6) is 1.48. The minimum Gasteiger partial charge on any atom is -0.381 e. The Hall–Kier alpha value is -0.770.